The standard InChI is InChI=1S/C17H16N2O3/c20-16(11-10-13-6-2-1-3-7-13)19-18-12-14-8-4-5-9-15(14)17(21)22/h1-9,12H,10-11H2,(H,19,20)(H,21,22)/b18-12+. The molecule has 0 atom stereocenters. The quantitative estimate of drug-likeness (QED) is 0.635. The number of carboxylic acid groups (broad SMARTS) is 1. The second kappa shape index (κ2) is 7.73. The van der Waals surface area contributed by atoms with Crippen LogP contribution in [-0.2, 0) is 11.2 Å². The number of carbonyl (C=O) groups is 2. The Balaban J connectivity index is 1.87. The highest BCUT2D eigenvalue weighted by Gasteiger charge is 2.06. The van der Waals surface area contributed by atoms with Crippen LogP contribution in [-0.4, -0.2) is 23.2 Å². The molecule has 1 amide bonds. The monoisotopic (exact) mass is 296 g/mol. The molecule has 2 rings (SSSR count). The second-order valence-electron chi connectivity index (χ2n) is 4.67. The van der Waals surface area contributed by atoms with E-state index in [1.54, 1.807) is 18.2 Å². The van der Waals surface area contributed by atoms with Gasteiger partial charge in [0.1, 0.15) is 0 Å². The molecule has 0 fully saturated rings. The Hall–Kier alpha value is -2.95. The fourth-order valence-electron chi connectivity index (χ4n) is 1.94. The molecule has 112 valence electrons. The minimum atomic E-state index is -1.03. The fraction of sp³-hybridized carbons (Fsp3) is 0.118. The molecule has 5 heteroatoms. The van der Waals surface area contributed by atoms with Gasteiger partial charge in [0.25, 0.3) is 0 Å². The zero-order chi connectivity index (χ0) is 15.8. The molecule has 2 aromatic rings. The molecule has 0 saturated heterocycles. The maximum atomic E-state index is 11.7. The number of benzene rings is 2. The lowest BCUT2D eigenvalue weighted by molar-refractivity contribution is -0.121. The molecule has 0 bridgehead atoms. The van der Waals surface area contributed by atoms with Gasteiger partial charge in [0.2, 0.25) is 5.91 Å². The Kier molecular flexibility index (Phi) is 5.43. The Morgan fingerprint density at radius 2 is 1.73 bits per heavy atom. The highest BCUT2D eigenvalue weighted by Crippen LogP contribution is 2.06. The van der Waals surface area contributed by atoms with Crippen LogP contribution >= 0.6 is 0 Å². The van der Waals surface area contributed by atoms with Gasteiger partial charge in [0.15, 0.2) is 0 Å². The van der Waals surface area contributed by atoms with Crippen molar-refractivity contribution in [2.75, 3.05) is 0 Å². The van der Waals surface area contributed by atoms with Gasteiger partial charge in [-0.05, 0) is 18.1 Å². The lowest BCUT2D eigenvalue weighted by Gasteiger charge is -2.02. The van der Waals surface area contributed by atoms with Crippen molar-refractivity contribution in [3.63, 3.8) is 0 Å². The fourth-order valence-corrected chi connectivity index (χ4v) is 1.94. The van der Waals surface area contributed by atoms with Gasteiger partial charge in [-0.25, -0.2) is 10.2 Å². The van der Waals surface area contributed by atoms with E-state index < -0.39 is 5.97 Å². The predicted molar refractivity (Wildman–Crippen MR) is 83.9 cm³/mol. The summed E-state index contributed by atoms with van der Waals surface area (Å²) in [6.07, 6.45) is 2.29. The van der Waals surface area contributed by atoms with Gasteiger partial charge in [0.05, 0.1) is 11.8 Å². The van der Waals surface area contributed by atoms with Crippen LogP contribution in [0.15, 0.2) is 59.7 Å². The van der Waals surface area contributed by atoms with Gasteiger partial charge in [-0.2, -0.15) is 5.10 Å². The number of nitrogens with zero attached hydrogens (tertiary/aromatic N) is 1. The molecule has 0 unspecified atom stereocenters. The highest BCUT2D eigenvalue weighted by atomic mass is 16.4. The first-order chi connectivity index (χ1) is 10.7. The number of carboxylic acids is 1. The van der Waals surface area contributed by atoms with Crippen molar-refractivity contribution < 1.29 is 14.7 Å². The van der Waals surface area contributed by atoms with Gasteiger partial charge >= 0.3 is 5.97 Å². The zero-order valence-electron chi connectivity index (χ0n) is 11.9. The van der Waals surface area contributed by atoms with E-state index in [0.717, 1.165) is 5.56 Å². The SMILES string of the molecule is O=C(CCc1ccccc1)N/N=C/c1ccccc1C(=O)O. The molecular weight excluding hydrogens is 280 g/mol. The molecule has 0 aliphatic rings. The first-order valence-corrected chi connectivity index (χ1v) is 6.85. The molecule has 0 aliphatic heterocycles. The van der Waals surface area contributed by atoms with E-state index in [1.807, 2.05) is 30.3 Å². The molecule has 0 saturated carbocycles. The number of nitrogens with one attached hydrogen (secondary N) is 1. The van der Waals surface area contributed by atoms with Crippen LogP contribution in [0.1, 0.15) is 27.9 Å². The first kappa shape index (κ1) is 15.4. The normalized spacial score (nSPS) is 10.5. The van der Waals surface area contributed by atoms with Crippen LogP contribution in [0.2, 0.25) is 0 Å². The van der Waals surface area contributed by atoms with Crippen LogP contribution in [0, 0.1) is 0 Å². The molecule has 0 heterocycles. The molecule has 0 radical (unpaired) electrons. The van der Waals surface area contributed by atoms with E-state index in [-0.39, 0.29) is 11.5 Å². The van der Waals surface area contributed by atoms with Gasteiger partial charge in [0, 0.05) is 12.0 Å². The third-order valence-electron chi connectivity index (χ3n) is 3.07. The van der Waals surface area contributed by atoms with Crippen molar-refractivity contribution in [1.29, 1.82) is 0 Å². The Morgan fingerprint density at radius 1 is 1.05 bits per heavy atom. The van der Waals surface area contributed by atoms with Crippen LogP contribution in [0.25, 0.3) is 0 Å². The second-order valence-corrected chi connectivity index (χ2v) is 4.67. The number of carbonyl (C=O) groups excluding carboxylic acids is 1. The van der Waals surface area contributed by atoms with E-state index >= 15 is 0 Å². The largest absolute Gasteiger partial charge is 0.478 e. The summed E-state index contributed by atoms with van der Waals surface area (Å²) >= 11 is 0. The average molecular weight is 296 g/mol. The first-order valence-electron chi connectivity index (χ1n) is 6.85. The summed E-state index contributed by atoms with van der Waals surface area (Å²) in [4.78, 5) is 22.7. The number of amides is 1. The summed E-state index contributed by atoms with van der Waals surface area (Å²) in [5, 5.41) is 12.8. The van der Waals surface area contributed by atoms with Crippen LogP contribution in [0.3, 0.4) is 0 Å². The molecular formula is C17H16N2O3. The lowest BCUT2D eigenvalue weighted by Crippen LogP contribution is -2.18. The number of hydrazone groups is 1. The van der Waals surface area contributed by atoms with Crippen LogP contribution in [0.4, 0.5) is 0 Å². The van der Waals surface area contributed by atoms with Crippen molar-refractivity contribution in [3.8, 4) is 0 Å². The van der Waals surface area contributed by atoms with E-state index in [2.05, 4.69) is 10.5 Å². The van der Waals surface area contributed by atoms with Gasteiger partial charge < -0.3 is 5.11 Å². The van der Waals surface area contributed by atoms with Crippen molar-refractivity contribution in [2.24, 2.45) is 5.10 Å². The summed E-state index contributed by atoms with van der Waals surface area (Å²) in [6, 6.07) is 16.2. The Morgan fingerprint density at radius 3 is 2.45 bits per heavy atom. The predicted octanol–water partition coefficient (Wildman–Crippen LogP) is 2.47. The summed E-state index contributed by atoms with van der Waals surface area (Å²) in [5.41, 5.74) is 4.07. The molecule has 0 spiro atoms. The van der Waals surface area contributed by atoms with E-state index in [9.17, 15) is 9.59 Å². The van der Waals surface area contributed by atoms with Crippen molar-refractivity contribution in [3.05, 3.63) is 71.3 Å². The third kappa shape index (κ3) is 4.56. The van der Waals surface area contributed by atoms with Crippen molar-refractivity contribution >= 4 is 18.1 Å². The molecule has 22 heavy (non-hydrogen) atoms. The minimum absolute atomic E-state index is 0.143. The molecule has 2 aromatic carbocycles. The third-order valence-corrected chi connectivity index (χ3v) is 3.07. The van der Waals surface area contributed by atoms with Crippen LogP contribution < -0.4 is 5.43 Å². The van der Waals surface area contributed by atoms with Crippen molar-refractivity contribution in [2.45, 2.75) is 12.8 Å². The number of aryl methyl sites for hydroxylation is 1. The number of aromatic carboxylic acids is 1. The molecule has 5 nitrogen and oxygen atoms in total. The summed E-state index contributed by atoms with van der Waals surface area (Å²) < 4.78 is 0. The number of hydrogen-bond donors (Lipinski definition) is 2. The number of hydrogen-bond acceptors (Lipinski definition) is 3. The van der Waals surface area contributed by atoms with E-state index in [0.29, 0.717) is 18.4 Å². The zero-order valence-corrected chi connectivity index (χ0v) is 11.9. The maximum Gasteiger partial charge on any atom is 0.336 e. The summed E-state index contributed by atoms with van der Waals surface area (Å²) in [5.74, 6) is -1.25. The number of rotatable bonds is 6. The summed E-state index contributed by atoms with van der Waals surface area (Å²) in [6.45, 7) is 0. The molecule has 0 aliphatic carbocycles. The van der Waals surface area contributed by atoms with Crippen molar-refractivity contribution in [1.82, 2.24) is 5.43 Å². The highest BCUT2D eigenvalue weighted by molar-refractivity contribution is 5.98. The van der Waals surface area contributed by atoms with Gasteiger partial charge in [-0.15, -0.1) is 0 Å². The molecule has 2 N–H and O–H groups in total. The smallest absolute Gasteiger partial charge is 0.336 e. The van der Waals surface area contributed by atoms with Gasteiger partial charge in [-0.1, -0.05) is 48.5 Å². The van der Waals surface area contributed by atoms with Crippen LogP contribution in [0.5, 0.6) is 0 Å². The summed E-state index contributed by atoms with van der Waals surface area (Å²) in [7, 11) is 0. The minimum Gasteiger partial charge on any atom is -0.478 e. The Bertz CT molecular complexity index is 681. The Labute approximate surface area is 128 Å². The maximum absolute atomic E-state index is 11.7. The average Bonchev–Trinajstić information content (AvgIpc) is 2.54. The van der Waals surface area contributed by atoms with E-state index in [4.69, 9.17) is 5.11 Å². The molecule has 0 aromatic heterocycles. The van der Waals surface area contributed by atoms with Gasteiger partial charge in [-0.3, -0.25) is 4.79 Å². The lowest BCUT2D eigenvalue weighted by atomic mass is 10.1. The van der Waals surface area contributed by atoms with E-state index in [1.165, 1.54) is 12.3 Å². The topological polar surface area (TPSA) is 78.8 Å².